The van der Waals surface area contributed by atoms with Gasteiger partial charge in [0.25, 0.3) is 0 Å². The van der Waals surface area contributed by atoms with Crippen LogP contribution in [0, 0.1) is 5.82 Å². The molecule has 0 bridgehead atoms. The van der Waals surface area contributed by atoms with Gasteiger partial charge in [-0.25, -0.2) is 12.8 Å². The fourth-order valence-electron chi connectivity index (χ4n) is 3.13. The maximum atomic E-state index is 13.2. The summed E-state index contributed by atoms with van der Waals surface area (Å²) in [6.07, 6.45) is 2.12. The van der Waals surface area contributed by atoms with E-state index in [2.05, 4.69) is 5.32 Å². The second-order valence-corrected chi connectivity index (χ2v) is 8.43. The molecule has 2 unspecified atom stereocenters. The maximum Gasteiger partial charge on any atom is 0.175 e. The van der Waals surface area contributed by atoms with Crippen molar-refractivity contribution in [2.24, 2.45) is 0 Å². The van der Waals surface area contributed by atoms with Crippen LogP contribution in [0.25, 0.3) is 0 Å². The molecule has 0 amide bonds. The number of hydrogen-bond donors (Lipinski definition) is 1. The molecule has 1 N–H and O–H groups in total. The van der Waals surface area contributed by atoms with Gasteiger partial charge in [0.2, 0.25) is 0 Å². The molecule has 2 aromatic rings. The Morgan fingerprint density at radius 3 is 2.38 bits per heavy atom. The third-order valence-corrected chi connectivity index (χ3v) is 5.67. The topological polar surface area (TPSA) is 55.4 Å². The summed E-state index contributed by atoms with van der Waals surface area (Å²) < 4.78 is 42.3. The van der Waals surface area contributed by atoms with E-state index >= 15 is 0 Å². The highest BCUT2D eigenvalue weighted by atomic mass is 79.9. The average Bonchev–Trinajstić information content (AvgIpc) is 2.61. The molecule has 0 spiro atoms. The summed E-state index contributed by atoms with van der Waals surface area (Å²) in [5, 5.41) is 3.33. The first-order valence-corrected chi connectivity index (χ1v) is 10.2. The van der Waals surface area contributed by atoms with Gasteiger partial charge in [0.1, 0.15) is 5.82 Å². The number of piperidine rings is 1. The van der Waals surface area contributed by atoms with Crippen molar-refractivity contribution in [3.8, 4) is 0 Å². The predicted molar refractivity (Wildman–Crippen MR) is 105 cm³/mol. The van der Waals surface area contributed by atoms with E-state index in [1.807, 2.05) is 12.1 Å². The first-order valence-electron chi connectivity index (χ1n) is 8.30. The first kappa shape index (κ1) is 21.0. The maximum absolute atomic E-state index is 13.2. The Labute approximate surface area is 164 Å². The van der Waals surface area contributed by atoms with Gasteiger partial charge in [-0.3, -0.25) is 0 Å². The highest BCUT2D eigenvalue weighted by Crippen LogP contribution is 2.28. The van der Waals surface area contributed by atoms with Crippen molar-refractivity contribution >= 4 is 26.8 Å². The Morgan fingerprint density at radius 2 is 1.77 bits per heavy atom. The molecule has 1 heterocycles. The van der Waals surface area contributed by atoms with Gasteiger partial charge in [0.05, 0.1) is 17.6 Å². The van der Waals surface area contributed by atoms with Crippen LogP contribution >= 0.6 is 17.0 Å². The summed E-state index contributed by atoms with van der Waals surface area (Å²) in [6, 6.07) is 13.4. The lowest BCUT2D eigenvalue weighted by Crippen LogP contribution is -2.40. The van der Waals surface area contributed by atoms with E-state index in [4.69, 9.17) is 4.74 Å². The van der Waals surface area contributed by atoms with Gasteiger partial charge >= 0.3 is 0 Å². The third-order valence-electron chi connectivity index (χ3n) is 4.54. The monoisotopic (exact) mass is 443 g/mol. The molecule has 4 nitrogen and oxygen atoms in total. The molecule has 0 aliphatic carbocycles. The third kappa shape index (κ3) is 5.36. The molecular weight excluding hydrogens is 421 g/mol. The molecule has 2 aromatic carbocycles. The van der Waals surface area contributed by atoms with E-state index in [0.29, 0.717) is 11.5 Å². The summed E-state index contributed by atoms with van der Waals surface area (Å²) in [5.74, 6) is -0.0155. The molecule has 7 heteroatoms. The zero-order chi connectivity index (χ0) is 17.9. The number of rotatable bonds is 5. The van der Waals surface area contributed by atoms with Crippen LogP contribution in [0.5, 0.6) is 0 Å². The molecule has 26 heavy (non-hydrogen) atoms. The summed E-state index contributed by atoms with van der Waals surface area (Å²) >= 11 is 0. The van der Waals surface area contributed by atoms with Gasteiger partial charge in [-0.05, 0) is 48.4 Å². The quantitative estimate of drug-likeness (QED) is 0.768. The lowest BCUT2D eigenvalue weighted by Gasteiger charge is -2.32. The minimum absolute atomic E-state index is 0. The van der Waals surface area contributed by atoms with E-state index in [9.17, 15) is 12.8 Å². The predicted octanol–water partition coefficient (Wildman–Crippen LogP) is 3.47. The molecule has 1 saturated heterocycles. The zero-order valence-corrected chi connectivity index (χ0v) is 17.1. The van der Waals surface area contributed by atoms with Crippen molar-refractivity contribution in [3.05, 3.63) is 65.5 Å². The number of sulfone groups is 1. The van der Waals surface area contributed by atoms with Gasteiger partial charge in [0, 0.05) is 18.7 Å². The lowest BCUT2D eigenvalue weighted by molar-refractivity contribution is 0.0106. The van der Waals surface area contributed by atoms with Crippen LogP contribution < -0.4 is 5.32 Å². The Balaban J connectivity index is 0.00000243. The second kappa shape index (κ2) is 9.08. The lowest BCUT2D eigenvalue weighted by atomic mass is 9.88. The van der Waals surface area contributed by atoms with Crippen molar-refractivity contribution in [3.63, 3.8) is 0 Å². The van der Waals surface area contributed by atoms with E-state index in [0.717, 1.165) is 30.6 Å². The number of hydrogen-bond acceptors (Lipinski definition) is 4. The van der Waals surface area contributed by atoms with Crippen molar-refractivity contribution in [1.29, 1.82) is 0 Å². The van der Waals surface area contributed by atoms with Crippen molar-refractivity contribution < 1.29 is 17.5 Å². The summed E-state index contributed by atoms with van der Waals surface area (Å²) in [5.41, 5.74) is 2.01. The molecule has 1 fully saturated rings. The molecule has 1 aliphatic heterocycles. The van der Waals surface area contributed by atoms with Gasteiger partial charge < -0.3 is 10.1 Å². The van der Waals surface area contributed by atoms with Crippen LogP contribution in [0.2, 0.25) is 0 Å². The van der Waals surface area contributed by atoms with Crippen LogP contribution in [0.15, 0.2) is 53.4 Å². The standard InChI is InChI=1S/C19H22FNO3S.BrH/c1-25(22,23)17-8-2-14(3-9-17)13-24-19-12-21-11-10-18(19)15-4-6-16(20)7-5-15;/h2-9,18-19,21H,10-13H2,1H3;1H. The van der Waals surface area contributed by atoms with Crippen LogP contribution in [0.4, 0.5) is 4.39 Å². The van der Waals surface area contributed by atoms with Crippen LogP contribution in [0.3, 0.4) is 0 Å². The number of halogens is 2. The number of benzene rings is 2. The molecule has 0 aromatic heterocycles. The normalized spacial score (nSPS) is 20.4. The van der Waals surface area contributed by atoms with Crippen LogP contribution in [-0.2, 0) is 21.2 Å². The molecule has 1 aliphatic rings. The summed E-state index contributed by atoms with van der Waals surface area (Å²) in [6.45, 7) is 2.06. The van der Waals surface area contributed by atoms with Crippen LogP contribution in [-0.4, -0.2) is 33.9 Å². The molecule has 3 rings (SSSR count). The fourth-order valence-corrected chi connectivity index (χ4v) is 3.76. The highest BCUT2D eigenvalue weighted by Gasteiger charge is 2.27. The Bertz CT molecular complexity index is 810. The fraction of sp³-hybridized carbons (Fsp3) is 0.368. The highest BCUT2D eigenvalue weighted by molar-refractivity contribution is 8.93. The molecule has 0 saturated carbocycles. The minimum atomic E-state index is -3.18. The van der Waals surface area contributed by atoms with E-state index in [1.165, 1.54) is 18.4 Å². The minimum Gasteiger partial charge on any atom is -0.372 e. The number of ether oxygens (including phenoxy) is 1. The van der Waals surface area contributed by atoms with Crippen molar-refractivity contribution in [2.75, 3.05) is 19.3 Å². The van der Waals surface area contributed by atoms with Gasteiger partial charge in [-0.2, -0.15) is 0 Å². The molecular formula is C19H23BrFNO3S. The Hall–Kier alpha value is -1.28. The molecule has 0 radical (unpaired) electrons. The smallest absolute Gasteiger partial charge is 0.175 e. The van der Waals surface area contributed by atoms with Gasteiger partial charge in [-0.15, -0.1) is 17.0 Å². The molecule has 2 atom stereocenters. The van der Waals surface area contributed by atoms with E-state index in [-0.39, 0.29) is 34.8 Å². The molecule has 142 valence electrons. The van der Waals surface area contributed by atoms with E-state index < -0.39 is 9.84 Å². The van der Waals surface area contributed by atoms with Crippen molar-refractivity contribution in [2.45, 2.75) is 29.9 Å². The summed E-state index contributed by atoms with van der Waals surface area (Å²) in [7, 11) is -3.18. The summed E-state index contributed by atoms with van der Waals surface area (Å²) in [4.78, 5) is 0.305. The van der Waals surface area contributed by atoms with Gasteiger partial charge in [0.15, 0.2) is 9.84 Å². The number of nitrogens with one attached hydrogen (secondary N) is 1. The van der Waals surface area contributed by atoms with Crippen molar-refractivity contribution in [1.82, 2.24) is 5.32 Å². The SMILES string of the molecule is Br.CS(=O)(=O)c1ccc(COC2CNCCC2c2ccc(F)cc2)cc1. The van der Waals surface area contributed by atoms with Gasteiger partial charge in [-0.1, -0.05) is 24.3 Å². The second-order valence-electron chi connectivity index (χ2n) is 6.42. The Kier molecular flexibility index (Phi) is 7.34. The first-order chi connectivity index (χ1) is 11.9. The average molecular weight is 444 g/mol. The van der Waals surface area contributed by atoms with Crippen LogP contribution in [0.1, 0.15) is 23.5 Å². The van der Waals surface area contributed by atoms with E-state index in [1.54, 1.807) is 24.3 Å². The zero-order valence-electron chi connectivity index (χ0n) is 14.5. The Morgan fingerprint density at radius 1 is 1.12 bits per heavy atom. The largest absolute Gasteiger partial charge is 0.372 e.